The highest BCUT2D eigenvalue weighted by molar-refractivity contribution is 5.95. The highest BCUT2D eigenvalue weighted by Gasteiger charge is 2.11. The van der Waals surface area contributed by atoms with Crippen LogP contribution in [0.25, 0.3) is 27.8 Å². The van der Waals surface area contributed by atoms with Gasteiger partial charge in [-0.25, -0.2) is 13.9 Å². The van der Waals surface area contributed by atoms with Crippen molar-refractivity contribution in [3.63, 3.8) is 0 Å². The van der Waals surface area contributed by atoms with E-state index in [-0.39, 0.29) is 5.82 Å². The fourth-order valence-corrected chi connectivity index (χ4v) is 2.59. The molecule has 4 aromatic rings. The lowest BCUT2D eigenvalue weighted by Crippen LogP contribution is -1.99. The van der Waals surface area contributed by atoms with Crippen molar-refractivity contribution in [3.8, 4) is 11.4 Å². The summed E-state index contributed by atoms with van der Waals surface area (Å²) in [6, 6.07) is 16.3. The highest BCUT2D eigenvalue weighted by Crippen LogP contribution is 2.25. The van der Waals surface area contributed by atoms with Crippen molar-refractivity contribution in [1.29, 1.82) is 0 Å². The lowest BCUT2D eigenvalue weighted by molar-refractivity contribution is 0.628. The van der Waals surface area contributed by atoms with Crippen LogP contribution in [0.2, 0.25) is 0 Å². The predicted octanol–water partition coefficient (Wildman–Crippen LogP) is 4.00. The predicted molar refractivity (Wildman–Crippen MR) is 80.6 cm³/mol. The number of benzene rings is 2. The molecular weight excluding hydrogens is 265 g/mol. The Morgan fingerprint density at radius 1 is 1.00 bits per heavy atom. The summed E-state index contributed by atoms with van der Waals surface area (Å²) in [5.41, 5.74) is 3.69. The number of nitrogens with zero attached hydrogens (tertiary/aromatic N) is 3. The Morgan fingerprint density at radius 2 is 1.76 bits per heavy atom. The molecule has 0 unspecified atom stereocenters. The molecule has 4 heteroatoms. The number of fused-ring (bicyclic) bond motifs is 3. The van der Waals surface area contributed by atoms with E-state index in [2.05, 4.69) is 5.10 Å². The molecule has 0 saturated heterocycles. The first kappa shape index (κ1) is 12.0. The first-order valence-corrected chi connectivity index (χ1v) is 6.73. The van der Waals surface area contributed by atoms with E-state index >= 15 is 0 Å². The van der Waals surface area contributed by atoms with Crippen molar-refractivity contribution in [2.24, 2.45) is 0 Å². The van der Waals surface area contributed by atoms with E-state index in [1.54, 1.807) is 12.1 Å². The molecule has 2 aromatic carbocycles. The Morgan fingerprint density at radius 3 is 2.57 bits per heavy atom. The summed E-state index contributed by atoms with van der Waals surface area (Å²) in [7, 11) is 0. The van der Waals surface area contributed by atoms with Gasteiger partial charge in [0.1, 0.15) is 5.82 Å². The van der Waals surface area contributed by atoms with Crippen LogP contribution in [0.1, 0.15) is 5.69 Å². The molecule has 0 radical (unpaired) electrons. The van der Waals surface area contributed by atoms with Crippen molar-refractivity contribution < 1.29 is 4.39 Å². The average molecular weight is 277 g/mol. The lowest BCUT2D eigenvalue weighted by Gasteiger charge is -2.07. The number of hydrogen-bond acceptors (Lipinski definition) is 2. The van der Waals surface area contributed by atoms with Crippen LogP contribution >= 0.6 is 0 Å². The van der Waals surface area contributed by atoms with Gasteiger partial charge in [0, 0.05) is 10.9 Å². The zero-order chi connectivity index (χ0) is 14.4. The molecule has 0 aliphatic carbocycles. The van der Waals surface area contributed by atoms with Gasteiger partial charge in [-0.15, -0.1) is 0 Å². The van der Waals surface area contributed by atoms with E-state index in [9.17, 15) is 4.39 Å². The van der Waals surface area contributed by atoms with Gasteiger partial charge in [0.2, 0.25) is 0 Å². The van der Waals surface area contributed by atoms with Crippen LogP contribution in [0.5, 0.6) is 0 Å². The van der Waals surface area contributed by atoms with Gasteiger partial charge in [0.15, 0.2) is 5.82 Å². The van der Waals surface area contributed by atoms with Crippen molar-refractivity contribution in [1.82, 2.24) is 14.6 Å². The van der Waals surface area contributed by atoms with Crippen LogP contribution in [0.15, 0.2) is 54.6 Å². The summed E-state index contributed by atoms with van der Waals surface area (Å²) in [6.07, 6.45) is 0. The minimum Gasteiger partial charge on any atom is -0.228 e. The second-order valence-corrected chi connectivity index (χ2v) is 5.04. The number of aryl methyl sites for hydroxylation is 1. The summed E-state index contributed by atoms with van der Waals surface area (Å²) in [6.45, 7) is 1.95. The second-order valence-electron chi connectivity index (χ2n) is 5.04. The van der Waals surface area contributed by atoms with Gasteiger partial charge in [0.05, 0.1) is 16.7 Å². The van der Waals surface area contributed by atoms with Gasteiger partial charge in [-0.3, -0.25) is 0 Å². The maximum Gasteiger partial charge on any atom is 0.161 e. The minimum atomic E-state index is -0.257. The maximum atomic E-state index is 13.1. The first-order valence-electron chi connectivity index (χ1n) is 6.73. The Kier molecular flexibility index (Phi) is 2.51. The molecule has 0 saturated carbocycles. The number of hydrogen-bond donors (Lipinski definition) is 0. The Balaban J connectivity index is 2.13. The van der Waals surface area contributed by atoms with Crippen molar-refractivity contribution >= 4 is 16.4 Å². The average Bonchev–Trinajstić information content (AvgIpc) is 2.89. The minimum absolute atomic E-state index is 0.257. The van der Waals surface area contributed by atoms with Gasteiger partial charge >= 0.3 is 0 Å². The molecular formula is C17H12FN3. The van der Waals surface area contributed by atoms with Crippen LogP contribution in [-0.4, -0.2) is 14.6 Å². The van der Waals surface area contributed by atoms with E-state index in [1.807, 2.05) is 41.8 Å². The molecule has 0 aliphatic rings. The van der Waals surface area contributed by atoms with E-state index < -0.39 is 0 Å². The zero-order valence-electron chi connectivity index (χ0n) is 11.4. The normalized spacial score (nSPS) is 11.3. The Bertz CT molecular complexity index is 955. The quantitative estimate of drug-likeness (QED) is 0.526. The molecule has 0 aliphatic heterocycles. The first-order chi connectivity index (χ1) is 10.2. The zero-order valence-corrected chi connectivity index (χ0v) is 11.4. The van der Waals surface area contributed by atoms with Crippen LogP contribution in [0, 0.1) is 12.7 Å². The van der Waals surface area contributed by atoms with Gasteiger partial charge in [0.25, 0.3) is 0 Å². The smallest absolute Gasteiger partial charge is 0.161 e. The number of aromatic nitrogens is 3. The van der Waals surface area contributed by atoms with Gasteiger partial charge in [-0.05, 0) is 43.3 Å². The molecule has 0 bridgehead atoms. The van der Waals surface area contributed by atoms with E-state index in [4.69, 9.17) is 4.98 Å². The summed E-state index contributed by atoms with van der Waals surface area (Å²) >= 11 is 0. The van der Waals surface area contributed by atoms with Crippen molar-refractivity contribution in [3.05, 3.63) is 66.1 Å². The molecule has 21 heavy (non-hydrogen) atoms. The Hall–Kier alpha value is -2.75. The largest absolute Gasteiger partial charge is 0.228 e. The third-order valence-electron chi connectivity index (χ3n) is 3.54. The molecule has 0 N–H and O–H groups in total. The fraction of sp³-hybridized carbons (Fsp3) is 0.0588. The molecule has 0 fully saturated rings. The number of halogens is 1. The molecule has 2 heterocycles. The molecule has 4 rings (SSSR count). The fourth-order valence-electron chi connectivity index (χ4n) is 2.59. The third-order valence-corrected chi connectivity index (χ3v) is 3.54. The molecule has 2 aromatic heterocycles. The van der Waals surface area contributed by atoms with Crippen LogP contribution in [-0.2, 0) is 0 Å². The third kappa shape index (κ3) is 1.88. The summed E-state index contributed by atoms with van der Waals surface area (Å²) in [5, 5.41) is 5.58. The Labute approximate surface area is 120 Å². The van der Waals surface area contributed by atoms with Crippen LogP contribution in [0.3, 0.4) is 0 Å². The van der Waals surface area contributed by atoms with Gasteiger partial charge < -0.3 is 0 Å². The number of rotatable bonds is 1. The van der Waals surface area contributed by atoms with Gasteiger partial charge in [-0.2, -0.15) is 5.10 Å². The molecule has 3 nitrogen and oxygen atoms in total. The van der Waals surface area contributed by atoms with Crippen LogP contribution < -0.4 is 0 Å². The monoisotopic (exact) mass is 277 g/mol. The molecule has 0 atom stereocenters. The molecule has 0 amide bonds. The van der Waals surface area contributed by atoms with E-state index in [1.165, 1.54) is 12.1 Å². The van der Waals surface area contributed by atoms with Crippen molar-refractivity contribution in [2.75, 3.05) is 0 Å². The summed E-state index contributed by atoms with van der Waals surface area (Å²) in [5.74, 6) is 0.462. The second kappa shape index (κ2) is 4.38. The molecule has 0 spiro atoms. The van der Waals surface area contributed by atoms with Crippen molar-refractivity contribution in [2.45, 2.75) is 6.92 Å². The SMILES string of the molecule is Cc1cc2c3ccccc3nc(-c3ccc(F)cc3)n2n1. The van der Waals surface area contributed by atoms with Gasteiger partial charge in [-0.1, -0.05) is 18.2 Å². The van der Waals surface area contributed by atoms with Crippen LogP contribution in [0.4, 0.5) is 4.39 Å². The standard InChI is InChI=1S/C17H12FN3/c1-11-10-16-14-4-2-3-5-15(14)19-17(21(16)20-11)12-6-8-13(18)9-7-12/h2-10H,1H3. The topological polar surface area (TPSA) is 30.2 Å². The summed E-state index contributed by atoms with van der Waals surface area (Å²) in [4.78, 5) is 4.69. The highest BCUT2D eigenvalue weighted by atomic mass is 19.1. The van der Waals surface area contributed by atoms with E-state index in [0.29, 0.717) is 0 Å². The molecule has 102 valence electrons. The number of para-hydroxylation sites is 1. The van der Waals surface area contributed by atoms with E-state index in [0.717, 1.165) is 33.5 Å². The summed E-state index contributed by atoms with van der Waals surface area (Å²) < 4.78 is 15.0. The maximum absolute atomic E-state index is 13.1. The lowest BCUT2D eigenvalue weighted by atomic mass is 10.1.